The fourth-order valence-corrected chi connectivity index (χ4v) is 2.70. The second-order valence-corrected chi connectivity index (χ2v) is 5.20. The van der Waals surface area contributed by atoms with E-state index in [0.29, 0.717) is 18.7 Å². The summed E-state index contributed by atoms with van der Waals surface area (Å²) < 4.78 is 19.8. The topological polar surface area (TPSA) is 38.5 Å². The van der Waals surface area contributed by atoms with Crippen LogP contribution in [0.25, 0.3) is 0 Å². The van der Waals surface area contributed by atoms with Gasteiger partial charge in [-0.05, 0) is 12.5 Å². The molecule has 0 saturated carbocycles. The average molecular weight is 287 g/mol. The third kappa shape index (κ3) is 3.26. The molecule has 3 nitrogen and oxygen atoms in total. The first-order chi connectivity index (χ1) is 9.17. The first-order valence-electron chi connectivity index (χ1n) is 6.67. The Morgan fingerprint density at radius 2 is 2.37 bits per heavy atom. The number of hydrogen-bond donors (Lipinski definition) is 1. The predicted octanol–water partition coefficient (Wildman–Crippen LogP) is 2.59. The van der Waals surface area contributed by atoms with Crippen LogP contribution in [0.1, 0.15) is 24.9 Å². The molecule has 0 aliphatic carbocycles. The molecule has 106 valence electrons. The highest BCUT2D eigenvalue weighted by Crippen LogP contribution is 2.28. The van der Waals surface area contributed by atoms with E-state index < -0.39 is 0 Å². The number of nitrogens with zero attached hydrogens (tertiary/aromatic N) is 1. The standard InChI is InChI=1S/C14H20ClFN2O/c1-2-10-9-18(6-7-19-10)13(8-17)11-4-3-5-12(15)14(11)16/h3-5,10,13H,2,6-9,17H2,1H3. The van der Waals surface area contributed by atoms with Gasteiger partial charge in [-0.3, -0.25) is 4.90 Å². The van der Waals surface area contributed by atoms with Crippen LogP contribution in [-0.2, 0) is 4.74 Å². The van der Waals surface area contributed by atoms with Gasteiger partial charge in [0.1, 0.15) is 5.82 Å². The monoisotopic (exact) mass is 286 g/mol. The lowest BCUT2D eigenvalue weighted by molar-refractivity contribution is -0.0441. The minimum atomic E-state index is -0.362. The van der Waals surface area contributed by atoms with Gasteiger partial charge in [0.15, 0.2) is 0 Å². The normalized spacial score (nSPS) is 22.4. The van der Waals surface area contributed by atoms with E-state index in [4.69, 9.17) is 22.1 Å². The molecule has 2 N–H and O–H groups in total. The average Bonchev–Trinajstić information content (AvgIpc) is 2.44. The van der Waals surface area contributed by atoms with Crippen LogP contribution in [0, 0.1) is 5.82 Å². The van der Waals surface area contributed by atoms with Crippen molar-refractivity contribution < 1.29 is 9.13 Å². The summed E-state index contributed by atoms with van der Waals surface area (Å²) in [5.41, 5.74) is 6.42. The molecule has 2 atom stereocenters. The lowest BCUT2D eigenvalue weighted by atomic mass is 10.0. The molecule has 1 aliphatic heterocycles. The van der Waals surface area contributed by atoms with E-state index in [-0.39, 0.29) is 23.0 Å². The summed E-state index contributed by atoms with van der Waals surface area (Å²) in [5.74, 6) is -0.362. The molecular formula is C14H20ClFN2O. The number of morpholine rings is 1. The van der Waals surface area contributed by atoms with Crippen LogP contribution >= 0.6 is 11.6 Å². The minimum Gasteiger partial charge on any atom is -0.376 e. The number of rotatable bonds is 4. The SMILES string of the molecule is CCC1CN(C(CN)c2cccc(Cl)c2F)CCO1. The maximum absolute atomic E-state index is 14.1. The molecule has 1 aromatic carbocycles. The van der Waals surface area contributed by atoms with E-state index in [2.05, 4.69) is 11.8 Å². The molecule has 0 spiro atoms. The maximum Gasteiger partial charge on any atom is 0.146 e. The minimum absolute atomic E-state index is 0.142. The quantitative estimate of drug-likeness (QED) is 0.925. The fourth-order valence-electron chi connectivity index (χ4n) is 2.52. The summed E-state index contributed by atoms with van der Waals surface area (Å²) in [5, 5.41) is 0.149. The van der Waals surface area contributed by atoms with Crippen molar-refractivity contribution in [1.29, 1.82) is 0 Å². The van der Waals surface area contributed by atoms with Crippen molar-refractivity contribution in [1.82, 2.24) is 4.90 Å². The van der Waals surface area contributed by atoms with Gasteiger partial charge in [0.2, 0.25) is 0 Å². The van der Waals surface area contributed by atoms with Gasteiger partial charge in [-0.15, -0.1) is 0 Å². The van der Waals surface area contributed by atoms with Gasteiger partial charge in [0.25, 0.3) is 0 Å². The van der Waals surface area contributed by atoms with Gasteiger partial charge in [-0.25, -0.2) is 4.39 Å². The van der Waals surface area contributed by atoms with E-state index in [1.54, 1.807) is 18.2 Å². The van der Waals surface area contributed by atoms with Gasteiger partial charge in [0.05, 0.1) is 23.8 Å². The molecule has 5 heteroatoms. The van der Waals surface area contributed by atoms with Crippen LogP contribution in [0.3, 0.4) is 0 Å². The van der Waals surface area contributed by atoms with Crippen LogP contribution in [-0.4, -0.2) is 37.2 Å². The first-order valence-corrected chi connectivity index (χ1v) is 7.04. The van der Waals surface area contributed by atoms with Crippen molar-refractivity contribution in [3.05, 3.63) is 34.6 Å². The molecule has 2 rings (SSSR count). The fraction of sp³-hybridized carbons (Fsp3) is 0.571. The Morgan fingerprint density at radius 1 is 1.58 bits per heavy atom. The summed E-state index contributed by atoms with van der Waals surface area (Å²) in [6, 6.07) is 4.94. The van der Waals surface area contributed by atoms with E-state index in [1.165, 1.54) is 0 Å². The largest absolute Gasteiger partial charge is 0.376 e. The van der Waals surface area contributed by atoms with Crippen molar-refractivity contribution in [3.8, 4) is 0 Å². The summed E-state index contributed by atoms with van der Waals surface area (Å²) in [6.45, 7) is 4.67. The summed E-state index contributed by atoms with van der Waals surface area (Å²) in [4.78, 5) is 2.19. The Labute approximate surface area is 118 Å². The zero-order valence-corrected chi connectivity index (χ0v) is 11.9. The second kappa shape index (κ2) is 6.66. The van der Waals surface area contributed by atoms with Gasteiger partial charge >= 0.3 is 0 Å². The molecule has 1 fully saturated rings. The maximum atomic E-state index is 14.1. The first kappa shape index (κ1) is 14.7. The van der Waals surface area contributed by atoms with E-state index in [0.717, 1.165) is 19.5 Å². The number of ether oxygens (including phenoxy) is 1. The Bertz CT molecular complexity index is 430. The van der Waals surface area contributed by atoms with Crippen molar-refractivity contribution in [2.75, 3.05) is 26.2 Å². The molecule has 2 unspecified atom stereocenters. The van der Waals surface area contributed by atoms with E-state index in [1.807, 2.05) is 0 Å². The Balaban J connectivity index is 2.21. The van der Waals surface area contributed by atoms with Crippen molar-refractivity contribution >= 4 is 11.6 Å². The third-order valence-corrected chi connectivity index (χ3v) is 3.92. The molecule has 0 aromatic heterocycles. The number of halogens is 2. The van der Waals surface area contributed by atoms with Crippen LogP contribution in [0.5, 0.6) is 0 Å². The molecule has 1 heterocycles. The Morgan fingerprint density at radius 3 is 3.05 bits per heavy atom. The van der Waals surface area contributed by atoms with Gasteiger partial charge in [0, 0.05) is 25.2 Å². The lowest BCUT2D eigenvalue weighted by Gasteiger charge is -2.38. The zero-order chi connectivity index (χ0) is 13.8. The Hall–Kier alpha value is -0.680. The second-order valence-electron chi connectivity index (χ2n) is 4.79. The number of nitrogens with two attached hydrogens (primary N) is 1. The van der Waals surface area contributed by atoms with Gasteiger partial charge < -0.3 is 10.5 Å². The van der Waals surface area contributed by atoms with Crippen LogP contribution < -0.4 is 5.73 Å². The summed E-state index contributed by atoms with van der Waals surface area (Å²) in [6.07, 6.45) is 1.15. The van der Waals surface area contributed by atoms with Gasteiger partial charge in [-0.2, -0.15) is 0 Å². The Kier molecular flexibility index (Phi) is 5.16. The van der Waals surface area contributed by atoms with Crippen LogP contribution in [0.4, 0.5) is 4.39 Å². The van der Waals surface area contributed by atoms with E-state index in [9.17, 15) is 4.39 Å². The lowest BCUT2D eigenvalue weighted by Crippen LogP contribution is -2.46. The molecule has 19 heavy (non-hydrogen) atoms. The van der Waals surface area contributed by atoms with Crippen LogP contribution in [0.15, 0.2) is 18.2 Å². The molecular weight excluding hydrogens is 267 g/mol. The summed E-state index contributed by atoms with van der Waals surface area (Å²) >= 11 is 5.85. The highest BCUT2D eigenvalue weighted by atomic mass is 35.5. The summed E-state index contributed by atoms with van der Waals surface area (Å²) in [7, 11) is 0. The molecule has 1 aromatic rings. The predicted molar refractivity (Wildman–Crippen MR) is 74.8 cm³/mol. The molecule has 0 radical (unpaired) electrons. The number of benzene rings is 1. The van der Waals surface area contributed by atoms with E-state index >= 15 is 0 Å². The van der Waals surface area contributed by atoms with Crippen molar-refractivity contribution in [2.24, 2.45) is 5.73 Å². The smallest absolute Gasteiger partial charge is 0.146 e. The molecule has 1 aliphatic rings. The molecule has 0 bridgehead atoms. The van der Waals surface area contributed by atoms with Crippen LogP contribution in [0.2, 0.25) is 5.02 Å². The third-order valence-electron chi connectivity index (χ3n) is 3.63. The highest BCUT2D eigenvalue weighted by Gasteiger charge is 2.27. The molecule has 0 amide bonds. The molecule has 1 saturated heterocycles. The van der Waals surface area contributed by atoms with Crippen molar-refractivity contribution in [2.45, 2.75) is 25.5 Å². The highest BCUT2D eigenvalue weighted by molar-refractivity contribution is 6.30. The van der Waals surface area contributed by atoms with Crippen molar-refractivity contribution in [3.63, 3.8) is 0 Å². The van der Waals surface area contributed by atoms with Gasteiger partial charge in [-0.1, -0.05) is 30.7 Å². The zero-order valence-electron chi connectivity index (χ0n) is 11.1. The number of hydrogen-bond acceptors (Lipinski definition) is 3.